The SMILES string of the molecule is COc1cccc2nnc(NC(=O)CCC(=O)NCCC3=CCCCC3)n12. The van der Waals surface area contributed by atoms with Gasteiger partial charge in [0.2, 0.25) is 23.6 Å². The number of ether oxygens (including phenoxy) is 1. The molecule has 1 aliphatic carbocycles. The zero-order chi connectivity index (χ0) is 19.1. The Bertz CT molecular complexity index is 843. The van der Waals surface area contributed by atoms with E-state index in [0.29, 0.717) is 18.1 Å². The molecule has 0 saturated carbocycles. The lowest BCUT2D eigenvalue weighted by atomic mass is 9.97. The molecular weight excluding hydrogens is 346 g/mol. The smallest absolute Gasteiger partial charge is 0.238 e. The number of carbonyl (C=O) groups is 2. The summed E-state index contributed by atoms with van der Waals surface area (Å²) in [6.45, 7) is 0.623. The van der Waals surface area contributed by atoms with Crippen LogP contribution in [0.1, 0.15) is 44.9 Å². The second-order valence-electron chi connectivity index (χ2n) is 6.54. The molecule has 0 unspecified atom stereocenters. The summed E-state index contributed by atoms with van der Waals surface area (Å²) in [5.74, 6) is 0.380. The molecule has 2 heterocycles. The molecule has 0 aromatic carbocycles. The number of fused-ring (bicyclic) bond motifs is 1. The molecule has 0 atom stereocenters. The van der Waals surface area contributed by atoms with Crippen molar-refractivity contribution in [3.63, 3.8) is 0 Å². The predicted molar refractivity (Wildman–Crippen MR) is 102 cm³/mol. The van der Waals surface area contributed by atoms with E-state index in [2.05, 4.69) is 26.9 Å². The molecule has 0 spiro atoms. The Morgan fingerprint density at radius 1 is 1.19 bits per heavy atom. The van der Waals surface area contributed by atoms with Gasteiger partial charge in [0, 0.05) is 19.4 Å². The van der Waals surface area contributed by atoms with Crippen molar-refractivity contribution in [3.05, 3.63) is 29.8 Å². The summed E-state index contributed by atoms with van der Waals surface area (Å²) < 4.78 is 6.87. The number of hydrogen-bond acceptors (Lipinski definition) is 5. The van der Waals surface area contributed by atoms with Gasteiger partial charge >= 0.3 is 0 Å². The Hall–Kier alpha value is -2.90. The fourth-order valence-electron chi connectivity index (χ4n) is 3.15. The molecule has 2 amide bonds. The van der Waals surface area contributed by atoms with Crippen molar-refractivity contribution in [2.45, 2.75) is 44.9 Å². The average Bonchev–Trinajstić information content (AvgIpc) is 3.10. The number of nitrogens with zero attached hydrogens (tertiary/aromatic N) is 3. The molecule has 8 nitrogen and oxygen atoms in total. The van der Waals surface area contributed by atoms with Gasteiger partial charge in [-0.1, -0.05) is 17.7 Å². The third kappa shape index (κ3) is 5.06. The molecule has 0 radical (unpaired) electrons. The van der Waals surface area contributed by atoms with Crippen molar-refractivity contribution in [1.29, 1.82) is 0 Å². The van der Waals surface area contributed by atoms with E-state index in [-0.39, 0.29) is 30.6 Å². The van der Waals surface area contributed by atoms with Crippen molar-refractivity contribution < 1.29 is 14.3 Å². The van der Waals surface area contributed by atoms with Crippen LogP contribution in [0.2, 0.25) is 0 Å². The largest absolute Gasteiger partial charge is 0.482 e. The van der Waals surface area contributed by atoms with E-state index in [1.165, 1.54) is 25.5 Å². The van der Waals surface area contributed by atoms with E-state index >= 15 is 0 Å². The quantitative estimate of drug-likeness (QED) is 0.695. The minimum atomic E-state index is -0.291. The van der Waals surface area contributed by atoms with Gasteiger partial charge in [-0.15, -0.1) is 10.2 Å². The number of hydrogen-bond donors (Lipinski definition) is 2. The van der Waals surface area contributed by atoms with Crippen LogP contribution < -0.4 is 15.4 Å². The van der Waals surface area contributed by atoms with Gasteiger partial charge in [-0.25, -0.2) is 4.40 Å². The van der Waals surface area contributed by atoms with Crippen LogP contribution in [0, 0.1) is 0 Å². The maximum Gasteiger partial charge on any atom is 0.238 e. The molecule has 1 aliphatic rings. The first-order chi connectivity index (χ1) is 13.2. The summed E-state index contributed by atoms with van der Waals surface area (Å²) >= 11 is 0. The third-order valence-electron chi connectivity index (χ3n) is 4.59. The van der Waals surface area contributed by atoms with Gasteiger partial charge in [-0.2, -0.15) is 0 Å². The average molecular weight is 371 g/mol. The summed E-state index contributed by atoms with van der Waals surface area (Å²) in [5, 5.41) is 13.5. The number of anilines is 1. The monoisotopic (exact) mass is 371 g/mol. The van der Waals surface area contributed by atoms with Crippen LogP contribution in [-0.4, -0.2) is 40.1 Å². The van der Waals surface area contributed by atoms with E-state index < -0.39 is 0 Å². The number of carbonyl (C=O) groups excluding carboxylic acids is 2. The van der Waals surface area contributed by atoms with Crippen molar-refractivity contribution in [2.75, 3.05) is 19.0 Å². The van der Waals surface area contributed by atoms with E-state index in [4.69, 9.17) is 4.74 Å². The van der Waals surface area contributed by atoms with Crippen molar-refractivity contribution in [3.8, 4) is 5.88 Å². The van der Waals surface area contributed by atoms with Crippen LogP contribution in [0.5, 0.6) is 5.88 Å². The zero-order valence-corrected chi connectivity index (χ0v) is 15.5. The Balaban J connectivity index is 1.44. The second-order valence-corrected chi connectivity index (χ2v) is 6.54. The molecule has 0 saturated heterocycles. The number of amides is 2. The lowest BCUT2D eigenvalue weighted by molar-refractivity contribution is -0.124. The molecule has 0 fully saturated rings. The molecule has 27 heavy (non-hydrogen) atoms. The molecule has 2 N–H and O–H groups in total. The number of methoxy groups -OCH3 is 1. The molecule has 2 aromatic rings. The molecule has 8 heteroatoms. The van der Waals surface area contributed by atoms with Crippen molar-refractivity contribution in [2.24, 2.45) is 0 Å². The minimum Gasteiger partial charge on any atom is -0.482 e. The highest BCUT2D eigenvalue weighted by molar-refractivity contribution is 5.92. The Morgan fingerprint density at radius 2 is 2.04 bits per heavy atom. The summed E-state index contributed by atoms with van der Waals surface area (Å²) in [5.41, 5.74) is 1.99. The minimum absolute atomic E-state index is 0.0819. The Kier molecular flexibility index (Phi) is 6.40. The highest BCUT2D eigenvalue weighted by Gasteiger charge is 2.14. The van der Waals surface area contributed by atoms with E-state index in [1.54, 1.807) is 22.6 Å². The Labute approximate surface area is 158 Å². The van der Waals surface area contributed by atoms with Crippen LogP contribution in [-0.2, 0) is 9.59 Å². The van der Waals surface area contributed by atoms with Gasteiger partial charge in [0.1, 0.15) is 0 Å². The summed E-state index contributed by atoms with van der Waals surface area (Å²) in [6, 6.07) is 5.31. The first-order valence-corrected chi connectivity index (χ1v) is 9.30. The van der Waals surface area contributed by atoms with E-state index in [1.807, 2.05) is 0 Å². The topological polar surface area (TPSA) is 97.6 Å². The van der Waals surface area contributed by atoms with Crippen LogP contribution in [0.3, 0.4) is 0 Å². The van der Waals surface area contributed by atoms with Gasteiger partial charge in [0.05, 0.1) is 7.11 Å². The zero-order valence-electron chi connectivity index (χ0n) is 15.5. The van der Waals surface area contributed by atoms with Gasteiger partial charge in [-0.3, -0.25) is 14.9 Å². The fraction of sp³-hybridized carbons (Fsp3) is 0.474. The Morgan fingerprint density at radius 3 is 2.81 bits per heavy atom. The van der Waals surface area contributed by atoms with Crippen molar-refractivity contribution >= 4 is 23.4 Å². The number of nitrogens with one attached hydrogen (secondary N) is 2. The van der Waals surface area contributed by atoms with Gasteiger partial charge in [0.15, 0.2) is 5.65 Å². The number of allylic oxidation sites excluding steroid dienone is 1. The molecule has 144 valence electrons. The van der Waals surface area contributed by atoms with Gasteiger partial charge in [0.25, 0.3) is 0 Å². The number of pyridine rings is 1. The predicted octanol–water partition coefficient (Wildman–Crippen LogP) is 2.46. The molecule has 0 bridgehead atoms. The molecule has 3 rings (SSSR count). The second kappa shape index (κ2) is 9.16. The number of aromatic nitrogens is 3. The highest BCUT2D eigenvalue weighted by Crippen LogP contribution is 2.20. The van der Waals surface area contributed by atoms with E-state index in [9.17, 15) is 9.59 Å². The van der Waals surface area contributed by atoms with Crippen LogP contribution in [0.15, 0.2) is 29.8 Å². The van der Waals surface area contributed by atoms with Crippen LogP contribution in [0.4, 0.5) is 5.95 Å². The van der Waals surface area contributed by atoms with Crippen molar-refractivity contribution in [1.82, 2.24) is 19.9 Å². The first-order valence-electron chi connectivity index (χ1n) is 9.30. The molecule has 0 aliphatic heterocycles. The van der Waals surface area contributed by atoms with Gasteiger partial charge < -0.3 is 10.1 Å². The third-order valence-corrected chi connectivity index (χ3v) is 4.59. The fourth-order valence-corrected chi connectivity index (χ4v) is 3.15. The normalized spacial score (nSPS) is 13.9. The standard InChI is InChI=1S/C19H25N5O3/c1-27-18-9-5-8-15-22-23-19(24(15)18)21-17(26)11-10-16(25)20-13-12-14-6-3-2-4-7-14/h5-6,8-9H,2-4,7,10-13H2,1H3,(H,20,25)(H,21,23,26). The van der Waals surface area contributed by atoms with Gasteiger partial charge in [-0.05, 0) is 44.2 Å². The summed E-state index contributed by atoms with van der Waals surface area (Å²) in [7, 11) is 1.54. The summed E-state index contributed by atoms with van der Waals surface area (Å²) in [4.78, 5) is 24.1. The maximum atomic E-state index is 12.2. The highest BCUT2D eigenvalue weighted by atomic mass is 16.5. The molecular formula is C19H25N5O3. The summed E-state index contributed by atoms with van der Waals surface area (Å²) in [6.07, 6.45) is 8.17. The first kappa shape index (κ1) is 18.9. The number of rotatable bonds is 8. The lowest BCUT2D eigenvalue weighted by Crippen LogP contribution is -2.26. The maximum absolute atomic E-state index is 12.2. The van der Waals surface area contributed by atoms with E-state index in [0.717, 1.165) is 19.3 Å². The van der Waals surface area contributed by atoms with Crippen LogP contribution >= 0.6 is 0 Å². The lowest BCUT2D eigenvalue weighted by Gasteiger charge is -2.12. The molecule has 2 aromatic heterocycles. The van der Waals surface area contributed by atoms with Crippen LogP contribution in [0.25, 0.3) is 5.65 Å².